The normalized spacial score (nSPS) is 21.2. The number of hydrogen-bond donors (Lipinski definition) is 2. The fraction of sp³-hybridized carbons (Fsp3) is 0.409. The smallest absolute Gasteiger partial charge is 0.314 e. The van der Waals surface area contributed by atoms with Crippen molar-refractivity contribution in [1.82, 2.24) is 9.88 Å². The highest BCUT2D eigenvalue weighted by Gasteiger charge is 2.50. The van der Waals surface area contributed by atoms with Crippen LogP contribution in [0, 0.1) is 12.3 Å². The number of hydrogen-bond acceptors (Lipinski definition) is 6. The highest BCUT2D eigenvalue weighted by atomic mass is 16.5. The van der Waals surface area contributed by atoms with E-state index in [1.165, 1.54) is 25.3 Å². The van der Waals surface area contributed by atoms with Crippen LogP contribution in [0.25, 0.3) is 0 Å². The average molecular weight is 414 g/mol. The molecule has 1 saturated heterocycles. The zero-order chi connectivity index (χ0) is 21.9. The Bertz CT molecular complexity index is 947. The molecule has 3 rings (SSSR count). The lowest BCUT2D eigenvalue weighted by Gasteiger charge is -2.43. The number of aryl methyl sites for hydroxylation is 1. The molecule has 0 saturated carbocycles. The molecule has 0 spiro atoms. The first-order chi connectivity index (χ1) is 14.3. The Balaban J connectivity index is 1.94. The van der Waals surface area contributed by atoms with Crippen LogP contribution in [0.15, 0.2) is 36.5 Å². The van der Waals surface area contributed by atoms with E-state index in [0.29, 0.717) is 28.3 Å². The molecule has 8 nitrogen and oxygen atoms in total. The molecular weight excluding hydrogens is 388 g/mol. The number of rotatable bonds is 6. The number of benzene rings is 1. The minimum Gasteiger partial charge on any atom is -0.497 e. The molecule has 0 unspecified atom stereocenters. The molecule has 8 heteroatoms. The molecule has 2 heterocycles. The van der Waals surface area contributed by atoms with Crippen molar-refractivity contribution < 1.29 is 29.3 Å². The predicted molar refractivity (Wildman–Crippen MR) is 109 cm³/mol. The van der Waals surface area contributed by atoms with E-state index in [1.54, 1.807) is 37.3 Å². The highest BCUT2D eigenvalue weighted by molar-refractivity contribution is 5.97. The largest absolute Gasteiger partial charge is 0.497 e. The summed E-state index contributed by atoms with van der Waals surface area (Å²) in [6.07, 6.45) is 0.610. The van der Waals surface area contributed by atoms with Crippen LogP contribution in [0.4, 0.5) is 0 Å². The molecule has 2 aromatic rings. The van der Waals surface area contributed by atoms with Crippen molar-refractivity contribution in [2.75, 3.05) is 27.3 Å². The number of ether oxygens (including phenoxy) is 2. The third-order valence-electron chi connectivity index (χ3n) is 5.60. The van der Waals surface area contributed by atoms with Crippen LogP contribution in [0.5, 0.6) is 11.5 Å². The van der Waals surface area contributed by atoms with Gasteiger partial charge in [-0.25, -0.2) is 0 Å². The van der Waals surface area contributed by atoms with Crippen LogP contribution in [0.2, 0.25) is 0 Å². The maximum Gasteiger partial charge on any atom is 0.314 e. The minimum atomic E-state index is -1.53. The fourth-order valence-corrected chi connectivity index (χ4v) is 3.91. The van der Waals surface area contributed by atoms with Crippen molar-refractivity contribution in [3.8, 4) is 11.5 Å². The first kappa shape index (κ1) is 21.6. The molecule has 1 amide bonds. The minimum absolute atomic E-state index is 0.0665. The van der Waals surface area contributed by atoms with Crippen LogP contribution in [0.1, 0.15) is 28.0 Å². The van der Waals surface area contributed by atoms with Gasteiger partial charge in [0, 0.05) is 18.8 Å². The Kier molecular flexibility index (Phi) is 6.26. The summed E-state index contributed by atoms with van der Waals surface area (Å²) in [4.78, 5) is 31.2. The summed E-state index contributed by atoms with van der Waals surface area (Å²) < 4.78 is 10.5. The summed E-state index contributed by atoms with van der Waals surface area (Å²) in [5.41, 5.74) is 0.150. The number of carboxylic acids is 1. The third kappa shape index (κ3) is 4.09. The maximum atomic E-state index is 13.2. The van der Waals surface area contributed by atoms with Gasteiger partial charge in [-0.2, -0.15) is 0 Å². The van der Waals surface area contributed by atoms with Crippen molar-refractivity contribution in [2.45, 2.75) is 25.9 Å². The number of aliphatic carboxylic acids is 1. The molecular formula is C22H26N2O6. The van der Waals surface area contributed by atoms with Crippen molar-refractivity contribution in [1.29, 1.82) is 0 Å². The van der Waals surface area contributed by atoms with E-state index < -0.39 is 17.5 Å². The lowest BCUT2D eigenvalue weighted by Crippen LogP contribution is -2.58. The van der Waals surface area contributed by atoms with Gasteiger partial charge < -0.3 is 24.6 Å². The average Bonchev–Trinajstić information content (AvgIpc) is 2.74. The Morgan fingerprint density at radius 1 is 1.27 bits per heavy atom. The Hall–Kier alpha value is -3.13. The van der Waals surface area contributed by atoms with Gasteiger partial charge in [0.05, 0.1) is 32.1 Å². The second-order valence-electron chi connectivity index (χ2n) is 7.55. The van der Waals surface area contributed by atoms with Crippen LogP contribution < -0.4 is 9.47 Å². The third-order valence-corrected chi connectivity index (χ3v) is 5.60. The van der Waals surface area contributed by atoms with E-state index in [4.69, 9.17) is 9.47 Å². The molecule has 0 radical (unpaired) electrons. The number of piperidine rings is 1. The number of aliphatic hydroxyl groups excluding tert-OH is 1. The predicted octanol–water partition coefficient (Wildman–Crippen LogP) is 1.93. The lowest BCUT2D eigenvalue weighted by molar-refractivity contribution is -0.161. The van der Waals surface area contributed by atoms with Crippen molar-refractivity contribution in [3.63, 3.8) is 0 Å². The summed E-state index contributed by atoms with van der Waals surface area (Å²) >= 11 is 0. The topological polar surface area (TPSA) is 109 Å². The molecule has 1 aliphatic heterocycles. The number of carboxylic acid groups (broad SMARTS) is 1. The number of methoxy groups -OCH3 is 2. The number of aliphatic hydroxyl groups is 1. The lowest BCUT2D eigenvalue weighted by atomic mass is 9.72. The Morgan fingerprint density at radius 2 is 2.03 bits per heavy atom. The standard InChI is InChI=1S/C22H26N2O6/c1-14-9-17(18(30-3)12-23-14)20(26)24-8-7-19(25)22(13-24,21(27)28)11-15-5-4-6-16(10-15)29-2/h4-6,9-10,12,19,25H,7-8,11,13H2,1-3H3,(H,27,28)/t19-,22-/m1/s1. The molecule has 1 aliphatic rings. The maximum absolute atomic E-state index is 13.2. The van der Waals surface area contributed by atoms with E-state index in [1.807, 2.05) is 0 Å². The van der Waals surface area contributed by atoms with Crippen molar-refractivity contribution >= 4 is 11.9 Å². The van der Waals surface area contributed by atoms with E-state index >= 15 is 0 Å². The number of likely N-dealkylation sites (tertiary alicyclic amines) is 1. The summed E-state index contributed by atoms with van der Waals surface area (Å²) in [5.74, 6) is -0.567. The molecule has 160 valence electrons. The number of carbonyl (C=O) groups is 2. The first-order valence-electron chi connectivity index (χ1n) is 9.65. The summed E-state index contributed by atoms with van der Waals surface area (Å²) in [7, 11) is 2.99. The quantitative estimate of drug-likeness (QED) is 0.743. The summed E-state index contributed by atoms with van der Waals surface area (Å²) in [6, 6.07) is 8.69. The van der Waals surface area contributed by atoms with Gasteiger partial charge >= 0.3 is 5.97 Å². The van der Waals surface area contributed by atoms with Crippen molar-refractivity contribution in [3.05, 3.63) is 53.3 Å². The first-order valence-corrected chi connectivity index (χ1v) is 9.65. The molecule has 1 aromatic carbocycles. The number of aromatic nitrogens is 1. The monoisotopic (exact) mass is 414 g/mol. The number of nitrogens with zero attached hydrogens (tertiary/aromatic N) is 2. The number of amides is 1. The second-order valence-corrected chi connectivity index (χ2v) is 7.55. The SMILES string of the molecule is COc1cccc(C[C@@]2(C(=O)O)CN(C(=O)c3cc(C)ncc3OC)CC[C@H]2O)c1. The molecule has 2 N–H and O–H groups in total. The summed E-state index contributed by atoms with van der Waals surface area (Å²) in [5, 5.41) is 20.8. The Labute approximate surface area is 175 Å². The number of pyridine rings is 1. The highest BCUT2D eigenvalue weighted by Crippen LogP contribution is 2.36. The van der Waals surface area contributed by atoms with Crippen molar-refractivity contribution in [2.24, 2.45) is 5.41 Å². The van der Waals surface area contributed by atoms with Gasteiger partial charge in [0.1, 0.15) is 16.9 Å². The van der Waals surface area contributed by atoms with E-state index in [-0.39, 0.29) is 31.8 Å². The zero-order valence-electron chi connectivity index (χ0n) is 17.3. The van der Waals surface area contributed by atoms with Crippen LogP contribution in [0.3, 0.4) is 0 Å². The molecule has 1 fully saturated rings. The molecule has 30 heavy (non-hydrogen) atoms. The zero-order valence-corrected chi connectivity index (χ0v) is 17.3. The van der Waals surface area contributed by atoms with Gasteiger partial charge in [-0.05, 0) is 43.5 Å². The van der Waals surface area contributed by atoms with Gasteiger partial charge in [-0.15, -0.1) is 0 Å². The van der Waals surface area contributed by atoms with Crippen LogP contribution in [-0.4, -0.2) is 65.4 Å². The van der Waals surface area contributed by atoms with Crippen LogP contribution in [-0.2, 0) is 11.2 Å². The summed E-state index contributed by atoms with van der Waals surface area (Å²) in [6.45, 7) is 1.89. The van der Waals surface area contributed by atoms with E-state index in [9.17, 15) is 19.8 Å². The molecule has 2 atom stereocenters. The second kappa shape index (κ2) is 8.71. The van der Waals surface area contributed by atoms with E-state index in [0.717, 1.165) is 0 Å². The van der Waals surface area contributed by atoms with Crippen LogP contribution >= 0.6 is 0 Å². The fourth-order valence-electron chi connectivity index (χ4n) is 3.91. The molecule has 0 aliphatic carbocycles. The van der Waals surface area contributed by atoms with Gasteiger partial charge in [-0.3, -0.25) is 14.6 Å². The molecule has 1 aromatic heterocycles. The van der Waals surface area contributed by atoms with Gasteiger partial charge in [0.2, 0.25) is 0 Å². The van der Waals surface area contributed by atoms with Gasteiger partial charge in [-0.1, -0.05) is 12.1 Å². The van der Waals surface area contributed by atoms with Gasteiger partial charge in [0.15, 0.2) is 0 Å². The number of carbonyl (C=O) groups excluding carboxylic acids is 1. The van der Waals surface area contributed by atoms with Gasteiger partial charge in [0.25, 0.3) is 5.91 Å². The van der Waals surface area contributed by atoms with E-state index in [2.05, 4.69) is 4.98 Å². The Morgan fingerprint density at radius 3 is 2.70 bits per heavy atom. The molecule has 0 bridgehead atoms.